The van der Waals surface area contributed by atoms with Crippen LogP contribution in [0.5, 0.6) is 0 Å². The molecular formula is C16H25N. The Hall–Kier alpha value is -0.850. The largest absolute Gasteiger partial charge is 0.258 e. The summed E-state index contributed by atoms with van der Waals surface area (Å²) in [5.41, 5.74) is 4.03. The van der Waals surface area contributed by atoms with Crippen LogP contribution in [0.3, 0.4) is 0 Å². The summed E-state index contributed by atoms with van der Waals surface area (Å²) in [5, 5.41) is 0. The van der Waals surface area contributed by atoms with Crippen molar-refractivity contribution in [1.82, 2.24) is 4.98 Å². The topological polar surface area (TPSA) is 12.9 Å². The van der Waals surface area contributed by atoms with Crippen molar-refractivity contribution in [3.05, 3.63) is 29.1 Å². The molecule has 0 saturated carbocycles. The molecule has 1 aliphatic heterocycles. The van der Waals surface area contributed by atoms with Gasteiger partial charge in [-0.2, -0.15) is 0 Å². The molecular weight excluding hydrogens is 206 g/mol. The second kappa shape index (κ2) is 6.78. The number of nitrogens with zero attached hydrogens (tertiary/aromatic N) is 1. The average molecular weight is 231 g/mol. The van der Waals surface area contributed by atoms with E-state index in [0.717, 1.165) is 0 Å². The SMILES string of the molecule is Cc1cc2nc(c1)CCCCCCCCCC2. The van der Waals surface area contributed by atoms with Crippen molar-refractivity contribution in [3.63, 3.8) is 0 Å². The number of hydrogen-bond acceptors (Lipinski definition) is 1. The van der Waals surface area contributed by atoms with Crippen LogP contribution in [0, 0.1) is 6.92 Å². The maximum atomic E-state index is 4.80. The monoisotopic (exact) mass is 231 g/mol. The maximum Gasteiger partial charge on any atom is 0.0409 e. The minimum atomic E-state index is 1.18. The third-order valence-electron chi connectivity index (χ3n) is 3.69. The molecule has 0 atom stereocenters. The van der Waals surface area contributed by atoms with Crippen LogP contribution in [-0.2, 0) is 12.8 Å². The summed E-state index contributed by atoms with van der Waals surface area (Å²) < 4.78 is 0. The Kier molecular flexibility index (Phi) is 5.03. The lowest BCUT2D eigenvalue weighted by molar-refractivity contribution is 0.570. The first-order valence-electron chi connectivity index (χ1n) is 7.31. The van der Waals surface area contributed by atoms with Gasteiger partial charge in [0.2, 0.25) is 0 Å². The molecule has 1 heteroatoms. The zero-order valence-corrected chi connectivity index (χ0v) is 11.2. The summed E-state index contributed by atoms with van der Waals surface area (Å²) in [4.78, 5) is 4.80. The predicted molar refractivity (Wildman–Crippen MR) is 73.3 cm³/mol. The highest BCUT2D eigenvalue weighted by atomic mass is 14.7. The zero-order valence-electron chi connectivity index (χ0n) is 11.2. The van der Waals surface area contributed by atoms with E-state index in [1.54, 1.807) is 0 Å². The third kappa shape index (κ3) is 4.49. The molecule has 0 unspecified atom stereocenters. The van der Waals surface area contributed by atoms with Gasteiger partial charge >= 0.3 is 0 Å². The molecule has 17 heavy (non-hydrogen) atoms. The summed E-state index contributed by atoms with van der Waals surface area (Å²) in [5.74, 6) is 0. The van der Waals surface area contributed by atoms with Gasteiger partial charge in [0.15, 0.2) is 0 Å². The molecule has 1 aliphatic rings. The molecule has 0 spiro atoms. The van der Waals surface area contributed by atoms with E-state index in [-0.39, 0.29) is 0 Å². The average Bonchev–Trinajstić information content (AvgIpc) is 2.31. The van der Waals surface area contributed by atoms with Gasteiger partial charge in [-0.05, 0) is 50.3 Å². The van der Waals surface area contributed by atoms with E-state index >= 15 is 0 Å². The Morgan fingerprint density at radius 2 is 1.12 bits per heavy atom. The molecule has 0 aliphatic carbocycles. The van der Waals surface area contributed by atoms with Crippen LogP contribution in [0.15, 0.2) is 12.1 Å². The Bertz CT molecular complexity index is 313. The molecule has 0 aromatic carbocycles. The molecule has 0 saturated heterocycles. The Balaban J connectivity index is 2.03. The first kappa shape index (κ1) is 12.6. The fourth-order valence-electron chi connectivity index (χ4n) is 2.75. The van der Waals surface area contributed by atoms with E-state index in [9.17, 15) is 0 Å². The molecule has 0 radical (unpaired) electrons. The van der Waals surface area contributed by atoms with Gasteiger partial charge in [0.25, 0.3) is 0 Å². The van der Waals surface area contributed by atoms with Crippen LogP contribution >= 0.6 is 0 Å². The summed E-state index contributed by atoms with van der Waals surface area (Å²) in [6.45, 7) is 2.20. The van der Waals surface area contributed by atoms with Crippen molar-refractivity contribution >= 4 is 0 Å². The van der Waals surface area contributed by atoms with Gasteiger partial charge in [0, 0.05) is 11.4 Å². The van der Waals surface area contributed by atoms with Crippen LogP contribution < -0.4 is 0 Å². The van der Waals surface area contributed by atoms with Crippen molar-refractivity contribution in [2.24, 2.45) is 0 Å². The summed E-state index contributed by atoms with van der Waals surface area (Å²) >= 11 is 0. The number of fused-ring (bicyclic) bond motifs is 2. The van der Waals surface area contributed by atoms with Crippen molar-refractivity contribution in [1.29, 1.82) is 0 Å². The molecule has 94 valence electrons. The lowest BCUT2D eigenvalue weighted by Gasteiger charge is -2.06. The van der Waals surface area contributed by atoms with Gasteiger partial charge in [-0.15, -0.1) is 0 Å². The lowest BCUT2D eigenvalue weighted by Crippen LogP contribution is -1.98. The van der Waals surface area contributed by atoms with E-state index in [4.69, 9.17) is 4.98 Å². The highest BCUT2D eigenvalue weighted by Gasteiger charge is 2.03. The second-order valence-corrected chi connectivity index (χ2v) is 5.46. The Morgan fingerprint density at radius 1 is 0.706 bits per heavy atom. The summed E-state index contributed by atoms with van der Waals surface area (Å²) in [7, 11) is 0. The first-order valence-corrected chi connectivity index (χ1v) is 7.31. The van der Waals surface area contributed by atoms with Gasteiger partial charge in [-0.3, -0.25) is 4.98 Å². The molecule has 1 aromatic heterocycles. The van der Waals surface area contributed by atoms with Crippen LogP contribution in [0.2, 0.25) is 0 Å². The van der Waals surface area contributed by atoms with Gasteiger partial charge in [0.1, 0.15) is 0 Å². The van der Waals surface area contributed by atoms with Crippen molar-refractivity contribution in [2.75, 3.05) is 0 Å². The van der Waals surface area contributed by atoms with Gasteiger partial charge in [-0.25, -0.2) is 0 Å². The van der Waals surface area contributed by atoms with Crippen molar-refractivity contribution < 1.29 is 0 Å². The number of aryl methyl sites for hydroxylation is 3. The first-order chi connectivity index (χ1) is 8.34. The van der Waals surface area contributed by atoms with E-state index in [0.29, 0.717) is 0 Å². The Morgan fingerprint density at radius 3 is 1.59 bits per heavy atom. The molecule has 0 N–H and O–H groups in total. The molecule has 1 aromatic rings. The second-order valence-electron chi connectivity index (χ2n) is 5.46. The van der Waals surface area contributed by atoms with Crippen LogP contribution in [0.4, 0.5) is 0 Å². The molecule has 2 bridgehead atoms. The van der Waals surface area contributed by atoms with Gasteiger partial charge in [0.05, 0.1) is 0 Å². The fraction of sp³-hybridized carbons (Fsp3) is 0.688. The lowest BCUT2D eigenvalue weighted by atomic mass is 10.1. The van der Waals surface area contributed by atoms with Crippen LogP contribution in [-0.4, -0.2) is 4.98 Å². The minimum absolute atomic E-state index is 1.18. The minimum Gasteiger partial charge on any atom is -0.258 e. The van der Waals surface area contributed by atoms with Gasteiger partial charge < -0.3 is 0 Å². The molecule has 2 heterocycles. The van der Waals surface area contributed by atoms with Gasteiger partial charge in [-0.1, -0.05) is 38.5 Å². The number of rotatable bonds is 0. The highest BCUT2D eigenvalue weighted by molar-refractivity contribution is 5.20. The van der Waals surface area contributed by atoms with E-state index in [1.165, 1.54) is 81.2 Å². The molecule has 2 rings (SSSR count). The van der Waals surface area contributed by atoms with E-state index in [1.807, 2.05) is 0 Å². The smallest absolute Gasteiger partial charge is 0.0409 e. The van der Waals surface area contributed by atoms with Crippen LogP contribution in [0.1, 0.15) is 68.3 Å². The highest BCUT2D eigenvalue weighted by Crippen LogP contribution is 2.15. The number of aromatic nitrogens is 1. The third-order valence-corrected chi connectivity index (χ3v) is 3.69. The number of hydrogen-bond donors (Lipinski definition) is 0. The quantitative estimate of drug-likeness (QED) is 0.635. The summed E-state index contributed by atoms with van der Waals surface area (Å²) in [6.07, 6.45) is 13.4. The molecule has 0 fully saturated rings. The molecule has 0 amide bonds. The molecule has 1 nitrogen and oxygen atoms in total. The maximum absolute atomic E-state index is 4.80. The fourth-order valence-corrected chi connectivity index (χ4v) is 2.75. The van der Waals surface area contributed by atoms with E-state index < -0.39 is 0 Å². The van der Waals surface area contributed by atoms with Crippen molar-refractivity contribution in [3.8, 4) is 0 Å². The summed E-state index contributed by atoms with van der Waals surface area (Å²) in [6, 6.07) is 4.53. The van der Waals surface area contributed by atoms with Crippen LogP contribution in [0.25, 0.3) is 0 Å². The zero-order chi connectivity index (χ0) is 11.9. The van der Waals surface area contributed by atoms with Crippen molar-refractivity contribution in [2.45, 2.75) is 71.1 Å². The standard InChI is InChI=1S/C16H25N/c1-14-12-15-10-8-6-4-2-3-5-7-9-11-16(13-14)17-15/h12-13H,2-11H2,1H3. The Labute approximate surface area is 106 Å². The number of pyridine rings is 1. The predicted octanol–water partition coefficient (Wildman–Crippen LogP) is 4.61. The normalized spacial score (nSPS) is 18.9. The van der Waals surface area contributed by atoms with E-state index in [2.05, 4.69) is 19.1 Å².